The van der Waals surface area contributed by atoms with Gasteiger partial charge in [-0.1, -0.05) is 22.0 Å². The SMILES string of the molecule is Cc1ccc(Br)cc1-c1nc(C2COCCN2)cs1. The van der Waals surface area contributed by atoms with Crippen LogP contribution in [0.5, 0.6) is 0 Å². The first-order chi connectivity index (χ1) is 9.24. The van der Waals surface area contributed by atoms with Gasteiger partial charge in [-0.25, -0.2) is 4.98 Å². The maximum atomic E-state index is 5.49. The van der Waals surface area contributed by atoms with Crippen LogP contribution in [0, 0.1) is 6.92 Å². The quantitative estimate of drug-likeness (QED) is 0.909. The number of nitrogens with zero attached hydrogens (tertiary/aromatic N) is 1. The summed E-state index contributed by atoms with van der Waals surface area (Å²) in [6, 6.07) is 6.53. The molecule has 0 aliphatic carbocycles. The molecule has 1 N–H and O–H groups in total. The Morgan fingerprint density at radius 1 is 1.47 bits per heavy atom. The molecule has 1 unspecified atom stereocenters. The number of nitrogens with one attached hydrogen (secondary N) is 1. The Morgan fingerprint density at radius 3 is 3.16 bits per heavy atom. The minimum atomic E-state index is 0.228. The fraction of sp³-hybridized carbons (Fsp3) is 0.357. The standard InChI is InChI=1S/C14H15BrN2OS/c1-9-2-3-10(15)6-11(9)14-17-13(8-19-14)12-7-18-5-4-16-12/h2-3,6,8,12,16H,4-5,7H2,1H3. The first-order valence-corrected chi connectivity index (χ1v) is 7.94. The van der Waals surface area contributed by atoms with Gasteiger partial charge in [0.1, 0.15) is 5.01 Å². The van der Waals surface area contributed by atoms with Crippen LogP contribution < -0.4 is 5.32 Å². The van der Waals surface area contributed by atoms with Crippen LogP contribution in [0.15, 0.2) is 28.1 Å². The van der Waals surface area contributed by atoms with Crippen LogP contribution in [0.25, 0.3) is 10.6 Å². The molecule has 5 heteroatoms. The van der Waals surface area contributed by atoms with Gasteiger partial charge in [0.2, 0.25) is 0 Å². The van der Waals surface area contributed by atoms with Crippen molar-refractivity contribution in [3.05, 3.63) is 39.3 Å². The van der Waals surface area contributed by atoms with Crippen LogP contribution in [0.1, 0.15) is 17.3 Å². The van der Waals surface area contributed by atoms with Crippen LogP contribution in [0.4, 0.5) is 0 Å². The third-order valence-electron chi connectivity index (χ3n) is 3.23. The number of hydrogen-bond acceptors (Lipinski definition) is 4. The molecular formula is C14H15BrN2OS. The van der Waals surface area contributed by atoms with E-state index in [4.69, 9.17) is 9.72 Å². The summed E-state index contributed by atoms with van der Waals surface area (Å²) in [6.45, 7) is 4.51. The second kappa shape index (κ2) is 5.71. The van der Waals surface area contributed by atoms with E-state index in [0.717, 1.165) is 28.3 Å². The third kappa shape index (κ3) is 2.89. The van der Waals surface area contributed by atoms with Crippen LogP contribution in [-0.2, 0) is 4.74 Å². The van der Waals surface area contributed by atoms with Crippen molar-refractivity contribution in [3.8, 4) is 10.6 Å². The Kier molecular flexibility index (Phi) is 3.98. The van der Waals surface area contributed by atoms with E-state index in [2.05, 4.69) is 51.7 Å². The molecular weight excluding hydrogens is 324 g/mol. The zero-order chi connectivity index (χ0) is 13.2. The Labute approximate surface area is 125 Å². The second-order valence-electron chi connectivity index (χ2n) is 4.62. The van der Waals surface area contributed by atoms with Gasteiger partial charge < -0.3 is 10.1 Å². The van der Waals surface area contributed by atoms with E-state index in [1.165, 1.54) is 11.1 Å². The van der Waals surface area contributed by atoms with E-state index in [1.807, 2.05) is 0 Å². The minimum absolute atomic E-state index is 0.228. The third-order valence-corrected chi connectivity index (χ3v) is 4.62. The molecule has 0 radical (unpaired) electrons. The summed E-state index contributed by atoms with van der Waals surface area (Å²) >= 11 is 5.21. The predicted molar refractivity (Wildman–Crippen MR) is 81.5 cm³/mol. The largest absolute Gasteiger partial charge is 0.378 e. The van der Waals surface area contributed by atoms with Crippen molar-refractivity contribution in [2.75, 3.05) is 19.8 Å². The lowest BCUT2D eigenvalue weighted by molar-refractivity contribution is 0.0758. The van der Waals surface area contributed by atoms with Gasteiger partial charge in [-0.2, -0.15) is 0 Å². The van der Waals surface area contributed by atoms with Crippen molar-refractivity contribution < 1.29 is 4.74 Å². The van der Waals surface area contributed by atoms with Crippen molar-refractivity contribution in [2.24, 2.45) is 0 Å². The average molecular weight is 339 g/mol. The molecule has 0 amide bonds. The van der Waals surface area contributed by atoms with Crippen molar-refractivity contribution >= 4 is 27.3 Å². The summed E-state index contributed by atoms with van der Waals surface area (Å²) in [5.74, 6) is 0. The Bertz CT molecular complexity index is 579. The van der Waals surface area contributed by atoms with E-state index in [9.17, 15) is 0 Å². The highest BCUT2D eigenvalue weighted by molar-refractivity contribution is 9.10. The second-order valence-corrected chi connectivity index (χ2v) is 6.39. The minimum Gasteiger partial charge on any atom is -0.378 e. The average Bonchev–Trinajstić information content (AvgIpc) is 2.92. The first kappa shape index (κ1) is 13.2. The molecule has 19 heavy (non-hydrogen) atoms. The summed E-state index contributed by atoms with van der Waals surface area (Å²) < 4.78 is 6.58. The van der Waals surface area contributed by atoms with Crippen molar-refractivity contribution in [1.82, 2.24) is 10.3 Å². The molecule has 0 bridgehead atoms. The molecule has 1 aromatic carbocycles. The number of hydrogen-bond donors (Lipinski definition) is 1. The smallest absolute Gasteiger partial charge is 0.123 e. The molecule has 2 aromatic rings. The molecule has 1 saturated heterocycles. The van der Waals surface area contributed by atoms with Crippen LogP contribution in [-0.4, -0.2) is 24.7 Å². The van der Waals surface area contributed by atoms with Crippen LogP contribution in [0.3, 0.4) is 0 Å². The fourth-order valence-corrected chi connectivity index (χ4v) is 3.47. The van der Waals surface area contributed by atoms with Gasteiger partial charge in [0.05, 0.1) is 24.9 Å². The molecule has 100 valence electrons. The number of halogens is 1. The summed E-state index contributed by atoms with van der Waals surface area (Å²) in [4.78, 5) is 4.76. The number of morpholine rings is 1. The Hall–Kier alpha value is -0.750. The predicted octanol–water partition coefficient (Wildman–Crippen LogP) is 3.54. The molecule has 1 aromatic heterocycles. The molecule has 1 atom stereocenters. The summed E-state index contributed by atoms with van der Waals surface area (Å²) in [5.41, 5.74) is 3.53. The monoisotopic (exact) mass is 338 g/mol. The lowest BCUT2D eigenvalue weighted by atomic mass is 10.1. The molecule has 1 aliphatic heterocycles. The van der Waals surface area contributed by atoms with E-state index in [-0.39, 0.29) is 6.04 Å². The number of aromatic nitrogens is 1. The summed E-state index contributed by atoms with van der Waals surface area (Å²) in [5, 5.41) is 6.63. The summed E-state index contributed by atoms with van der Waals surface area (Å²) in [7, 11) is 0. The lowest BCUT2D eigenvalue weighted by Crippen LogP contribution is -2.34. The number of benzene rings is 1. The topological polar surface area (TPSA) is 34.1 Å². The highest BCUT2D eigenvalue weighted by atomic mass is 79.9. The fourth-order valence-electron chi connectivity index (χ4n) is 2.15. The first-order valence-electron chi connectivity index (χ1n) is 6.27. The molecule has 3 nitrogen and oxygen atoms in total. The van der Waals surface area contributed by atoms with Gasteiger partial charge in [0.25, 0.3) is 0 Å². The van der Waals surface area contributed by atoms with Crippen molar-refractivity contribution in [1.29, 1.82) is 0 Å². The number of ether oxygens (including phenoxy) is 1. The number of thiazole rings is 1. The molecule has 3 rings (SSSR count). The number of aryl methyl sites for hydroxylation is 1. The van der Waals surface area contributed by atoms with Gasteiger partial charge in [0, 0.05) is 22.0 Å². The molecule has 2 heterocycles. The zero-order valence-corrected chi connectivity index (χ0v) is 13.1. The zero-order valence-electron chi connectivity index (χ0n) is 10.6. The summed E-state index contributed by atoms with van der Waals surface area (Å²) in [6.07, 6.45) is 0. The van der Waals surface area contributed by atoms with Gasteiger partial charge >= 0.3 is 0 Å². The van der Waals surface area contributed by atoms with Crippen molar-refractivity contribution in [2.45, 2.75) is 13.0 Å². The van der Waals surface area contributed by atoms with Gasteiger partial charge in [-0.15, -0.1) is 11.3 Å². The van der Waals surface area contributed by atoms with Crippen molar-refractivity contribution in [3.63, 3.8) is 0 Å². The Balaban J connectivity index is 1.89. The van der Waals surface area contributed by atoms with E-state index < -0.39 is 0 Å². The molecule has 1 fully saturated rings. The Morgan fingerprint density at radius 2 is 2.37 bits per heavy atom. The highest BCUT2D eigenvalue weighted by Gasteiger charge is 2.18. The van der Waals surface area contributed by atoms with Gasteiger partial charge in [-0.05, 0) is 24.6 Å². The normalized spacial score (nSPS) is 19.6. The van der Waals surface area contributed by atoms with Crippen LogP contribution in [0.2, 0.25) is 0 Å². The van der Waals surface area contributed by atoms with E-state index in [0.29, 0.717) is 6.61 Å². The van der Waals surface area contributed by atoms with Crippen LogP contribution >= 0.6 is 27.3 Å². The maximum Gasteiger partial charge on any atom is 0.123 e. The van der Waals surface area contributed by atoms with Gasteiger partial charge in [-0.3, -0.25) is 0 Å². The van der Waals surface area contributed by atoms with E-state index in [1.54, 1.807) is 11.3 Å². The molecule has 0 saturated carbocycles. The molecule has 0 spiro atoms. The number of rotatable bonds is 2. The van der Waals surface area contributed by atoms with Gasteiger partial charge in [0.15, 0.2) is 0 Å². The van der Waals surface area contributed by atoms with E-state index >= 15 is 0 Å². The lowest BCUT2D eigenvalue weighted by Gasteiger charge is -2.22. The highest BCUT2D eigenvalue weighted by Crippen LogP contribution is 2.31. The maximum absolute atomic E-state index is 5.49. The molecule has 1 aliphatic rings.